The van der Waals surface area contributed by atoms with E-state index in [9.17, 15) is 10.1 Å². The fourth-order valence-electron chi connectivity index (χ4n) is 0.323. The molecule has 0 unspecified atom stereocenters. The fourth-order valence-corrected chi connectivity index (χ4v) is 0.815. The first-order valence-electron chi connectivity index (χ1n) is 1.88. The molecule has 0 aromatic rings. The monoisotopic (exact) mass is 130 g/mol. The van der Waals surface area contributed by atoms with Crippen LogP contribution in [-0.4, -0.2) is 15.8 Å². The Balaban J connectivity index is 2.57. The molecule has 42 valence electrons. The highest BCUT2D eigenvalue weighted by molar-refractivity contribution is 8.13. The molecule has 1 aliphatic rings. The average molecular weight is 130 g/mol. The molecule has 0 N–H and O–H groups in total. The van der Waals surface area contributed by atoms with Crippen LogP contribution in [0.15, 0.2) is 4.99 Å². The maximum Gasteiger partial charge on any atom is 0.395 e. The Morgan fingerprint density at radius 3 is 3.00 bits per heavy atom. The van der Waals surface area contributed by atoms with Crippen LogP contribution in [0.4, 0.5) is 0 Å². The predicted octanol–water partition coefficient (Wildman–Crippen LogP) is 0.405. The second kappa shape index (κ2) is 2.13. The smallest absolute Gasteiger partial charge is 0.357 e. The van der Waals surface area contributed by atoms with Gasteiger partial charge in [0.25, 0.3) is 6.54 Å². The Hall–Kier alpha value is -0.580. The SMILES string of the molecule is O=[N+]([O-])C1=N[C]CS1. The topological polar surface area (TPSA) is 55.5 Å². The van der Waals surface area contributed by atoms with Crippen LogP contribution in [-0.2, 0) is 0 Å². The van der Waals surface area contributed by atoms with Crippen molar-refractivity contribution in [2.75, 3.05) is 5.75 Å². The largest absolute Gasteiger partial charge is 0.395 e. The molecule has 0 aliphatic carbocycles. The molecule has 4 nitrogen and oxygen atoms in total. The van der Waals surface area contributed by atoms with E-state index in [-0.39, 0.29) is 5.17 Å². The summed E-state index contributed by atoms with van der Waals surface area (Å²) < 4.78 is 0. The highest BCUT2D eigenvalue weighted by Gasteiger charge is 2.20. The Morgan fingerprint density at radius 1 is 2.00 bits per heavy atom. The minimum atomic E-state index is -0.509. The Kier molecular flexibility index (Phi) is 1.48. The number of amidine groups is 1. The van der Waals surface area contributed by atoms with Gasteiger partial charge >= 0.3 is 5.17 Å². The van der Waals surface area contributed by atoms with E-state index in [1.54, 1.807) is 0 Å². The van der Waals surface area contributed by atoms with E-state index < -0.39 is 4.92 Å². The summed E-state index contributed by atoms with van der Waals surface area (Å²) >= 11 is 1.09. The van der Waals surface area contributed by atoms with Crippen molar-refractivity contribution in [2.24, 2.45) is 4.99 Å². The standard InChI is InChI=1S/C3H2N2O2S/c6-5(7)3-4-1-2-8-3/h2H2. The van der Waals surface area contributed by atoms with Crippen molar-refractivity contribution in [1.82, 2.24) is 0 Å². The fraction of sp³-hybridized carbons (Fsp3) is 0.333. The summed E-state index contributed by atoms with van der Waals surface area (Å²) in [6.07, 6.45) is 0. The summed E-state index contributed by atoms with van der Waals surface area (Å²) in [5.41, 5.74) is 0. The molecule has 1 aliphatic heterocycles. The molecule has 0 atom stereocenters. The van der Waals surface area contributed by atoms with Crippen molar-refractivity contribution in [3.63, 3.8) is 0 Å². The molecule has 2 radical (unpaired) electrons. The van der Waals surface area contributed by atoms with Crippen molar-refractivity contribution < 1.29 is 4.92 Å². The third-order valence-corrected chi connectivity index (χ3v) is 1.37. The maximum atomic E-state index is 9.82. The molecule has 1 heterocycles. The lowest BCUT2D eigenvalue weighted by atomic mass is 10.8. The van der Waals surface area contributed by atoms with Crippen molar-refractivity contribution in [3.05, 3.63) is 16.7 Å². The van der Waals surface area contributed by atoms with Crippen LogP contribution < -0.4 is 0 Å². The summed E-state index contributed by atoms with van der Waals surface area (Å²) in [7, 11) is 0. The van der Waals surface area contributed by atoms with Gasteiger partial charge in [0, 0.05) is 0 Å². The number of aliphatic imine (C=N–C) groups is 1. The summed E-state index contributed by atoms with van der Waals surface area (Å²) in [6, 6.07) is 0. The molecule has 0 fully saturated rings. The second-order valence-electron chi connectivity index (χ2n) is 1.10. The van der Waals surface area contributed by atoms with E-state index in [0.29, 0.717) is 5.75 Å². The number of nitrogens with zero attached hydrogens (tertiary/aromatic N) is 2. The molecule has 5 heteroatoms. The van der Waals surface area contributed by atoms with Gasteiger partial charge in [0.05, 0.1) is 5.75 Å². The molecule has 0 spiro atoms. The molecule has 0 aromatic heterocycles. The van der Waals surface area contributed by atoms with Gasteiger partial charge in [-0.25, -0.2) is 0 Å². The minimum Gasteiger partial charge on any atom is -0.357 e. The Bertz CT molecular complexity index is 144. The van der Waals surface area contributed by atoms with E-state index >= 15 is 0 Å². The van der Waals surface area contributed by atoms with Crippen LogP contribution in [0.1, 0.15) is 0 Å². The van der Waals surface area contributed by atoms with Gasteiger partial charge in [0.1, 0.15) is 0 Å². The van der Waals surface area contributed by atoms with Crippen LogP contribution in [0.2, 0.25) is 0 Å². The zero-order valence-corrected chi connectivity index (χ0v) is 4.64. The first-order chi connectivity index (χ1) is 3.80. The summed E-state index contributed by atoms with van der Waals surface area (Å²) in [4.78, 5) is 12.7. The molecule has 0 bridgehead atoms. The predicted molar refractivity (Wildman–Crippen MR) is 30.1 cm³/mol. The number of hydrogen-bond donors (Lipinski definition) is 0. The lowest BCUT2D eigenvalue weighted by Gasteiger charge is -1.85. The Morgan fingerprint density at radius 2 is 2.75 bits per heavy atom. The van der Waals surface area contributed by atoms with Gasteiger partial charge in [0.2, 0.25) is 0 Å². The number of thioether (sulfide) groups is 1. The minimum absolute atomic E-state index is 0.0509. The third-order valence-electron chi connectivity index (χ3n) is 0.597. The summed E-state index contributed by atoms with van der Waals surface area (Å²) in [5.74, 6) is 0.510. The van der Waals surface area contributed by atoms with Gasteiger partial charge in [-0.05, 0) is 16.7 Å². The molecule has 0 amide bonds. The van der Waals surface area contributed by atoms with Crippen LogP contribution in [0.3, 0.4) is 0 Å². The summed E-state index contributed by atoms with van der Waals surface area (Å²) in [6.45, 7) is 2.46. The first-order valence-corrected chi connectivity index (χ1v) is 2.87. The molecular weight excluding hydrogens is 128 g/mol. The van der Waals surface area contributed by atoms with Gasteiger partial charge in [-0.1, -0.05) is 4.99 Å². The van der Waals surface area contributed by atoms with E-state index in [2.05, 4.69) is 11.5 Å². The highest BCUT2D eigenvalue weighted by Crippen LogP contribution is 2.13. The normalized spacial score (nSPS) is 18.2. The van der Waals surface area contributed by atoms with Gasteiger partial charge in [0.15, 0.2) is 0 Å². The van der Waals surface area contributed by atoms with E-state index in [4.69, 9.17) is 0 Å². The highest BCUT2D eigenvalue weighted by atomic mass is 32.2. The quantitative estimate of drug-likeness (QED) is 0.352. The van der Waals surface area contributed by atoms with Crippen molar-refractivity contribution in [3.8, 4) is 0 Å². The average Bonchev–Trinajstić information content (AvgIpc) is 2.12. The molecular formula is C3H2N2O2S. The van der Waals surface area contributed by atoms with Crippen molar-refractivity contribution in [2.45, 2.75) is 0 Å². The lowest BCUT2D eigenvalue weighted by Crippen LogP contribution is -2.02. The van der Waals surface area contributed by atoms with Crippen LogP contribution >= 0.6 is 11.8 Å². The van der Waals surface area contributed by atoms with Crippen molar-refractivity contribution in [1.29, 1.82) is 0 Å². The van der Waals surface area contributed by atoms with Gasteiger partial charge < -0.3 is 10.1 Å². The molecule has 0 aromatic carbocycles. The third kappa shape index (κ3) is 0.975. The lowest BCUT2D eigenvalue weighted by molar-refractivity contribution is -0.343. The number of rotatable bonds is 0. The number of nitro groups is 1. The van der Waals surface area contributed by atoms with E-state index in [1.807, 2.05) is 0 Å². The number of hydrogen-bond acceptors (Lipinski definition) is 4. The zero-order chi connectivity index (χ0) is 5.98. The molecule has 8 heavy (non-hydrogen) atoms. The van der Waals surface area contributed by atoms with E-state index in [1.165, 1.54) is 0 Å². The Labute approximate surface area is 50.1 Å². The molecule has 1 rings (SSSR count). The van der Waals surface area contributed by atoms with Gasteiger partial charge in [-0.2, -0.15) is 0 Å². The molecule has 0 saturated heterocycles. The van der Waals surface area contributed by atoms with Crippen molar-refractivity contribution >= 4 is 16.9 Å². The maximum absolute atomic E-state index is 9.82. The van der Waals surface area contributed by atoms with Gasteiger partial charge in [-0.3, -0.25) is 0 Å². The first kappa shape index (κ1) is 5.55. The summed E-state index contributed by atoms with van der Waals surface area (Å²) in [5, 5.41) is 9.76. The second-order valence-corrected chi connectivity index (χ2v) is 2.04. The van der Waals surface area contributed by atoms with Crippen LogP contribution in [0, 0.1) is 16.7 Å². The van der Waals surface area contributed by atoms with Gasteiger partial charge in [-0.15, -0.1) is 0 Å². The molecule has 0 saturated carbocycles. The zero-order valence-electron chi connectivity index (χ0n) is 3.83. The van der Waals surface area contributed by atoms with E-state index in [0.717, 1.165) is 11.8 Å². The van der Waals surface area contributed by atoms with Crippen LogP contribution in [0.25, 0.3) is 0 Å². The van der Waals surface area contributed by atoms with Crippen LogP contribution in [0.5, 0.6) is 0 Å².